The third-order valence-corrected chi connectivity index (χ3v) is 5.37. The van der Waals surface area contributed by atoms with Crippen LogP contribution in [0.25, 0.3) is 0 Å². The molecule has 31 heavy (non-hydrogen) atoms. The number of nitrogens with one attached hydrogen (secondary N) is 2. The lowest BCUT2D eigenvalue weighted by Gasteiger charge is -2.25. The molecule has 0 aromatic heterocycles. The number of rotatable bonds is 7. The smallest absolute Gasteiger partial charge is 0.496 e. The first-order valence-electron chi connectivity index (χ1n) is 9.78. The summed E-state index contributed by atoms with van der Waals surface area (Å²) in [6.07, 6.45) is -4.79. The molecule has 1 saturated heterocycles. The third-order valence-electron chi connectivity index (χ3n) is 5.37. The number of halogens is 3. The number of methoxy groups -OCH3 is 2. The van der Waals surface area contributed by atoms with Crippen molar-refractivity contribution < 1.29 is 32.2 Å². The SMILES string of the molecule is COC(=O)[C@H]1[C@H](NCc2cc(OC(F)(F)F)ccc2OC)[C@H](c2ccccc2)N[C@@H]1C. The normalized spacial score (nSPS) is 23.4. The van der Waals surface area contributed by atoms with Crippen LogP contribution in [0.5, 0.6) is 11.5 Å². The van der Waals surface area contributed by atoms with Crippen LogP contribution in [0.1, 0.15) is 24.1 Å². The van der Waals surface area contributed by atoms with Crippen LogP contribution in [-0.2, 0) is 16.1 Å². The van der Waals surface area contributed by atoms with E-state index >= 15 is 0 Å². The Balaban J connectivity index is 1.87. The van der Waals surface area contributed by atoms with E-state index in [4.69, 9.17) is 9.47 Å². The molecule has 0 unspecified atom stereocenters. The van der Waals surface area contributed by atoms with Gasteiger partial charge in [0.05, 0.1) is 20.1 Å². The minimum Gasteiger partial charge on any atom is -0.496 e. The lowest BCUT2D eigenvalue weighted by Crippen LogP contribution is -2.42. The molecule has 2 N–H and O–H groups in total. The van der Waals surface area contributed by atoms with Gasteiger partial charge in [0.2, 0.25) is 0 Å². The standard InChI is InChI=1S/C22H25F3N2O4/c1-13-18(21(28)30-3)20(19(27-13)14-7-5-4-6-8-14)26-12-15-11-16(31-22(23,24)25)9-10-17(15)29-2/h4-11,13,18-20,26-27H,12H2,1-3H3/t13-,18-,19+,20+/m1/s1. The lowest BCUT2D eigenvalue weighted by molar-refractivity contribution is -0.274. The number of esters is 1. The van der Waals surface area contributed by atoms with Gasteiger partial charge in [-0.3, -0.25) is 4.79 Å². The van der Waals surface area contributed by atoms with Crippen LogP contribution in [-0.4, -0.2) is 38.6 Å². The Hall–Kier alpha value is -2.78. The van der Waals surface area contributed by atoms with Crippen molar-refractivity contribution in [3.05, 3.63) is 59.7 Å². The number of carbonyl (C=O) groups excluding carboxylic acids is 1. The largest absolute Gasteiger partial charge is 0.573 e. The van der Waals surface area contributed by atoms with Crippen molar-refractivity contribution in [2.75, 3.05) is 14.2 Å². The molecule has 0 radical (unpaired) electrons. The molecule has 6 nitrogen and oxygen atoms in total. The van der Waals surface area contributed by atoms with Crippen LogP contribution in [0.15, 0.2) is 48.5 Å². The molecular formula is C22H25F3N2O4. The summed E-state index contributed by atoms with van der Waals surface area (Å²) < 4.78 is 52.2. The maximum absolute atomic E-state index is 12.6. The minimum absolute atomic E-state index is 0.161. The number of alkyl halides is 3. The highest BCUT2D eigenvalue weighted by Gasteiger charge is 2.46. The molecule has 0 bridgehead atoms. The molecule has 1 fully saturated rings. The first-order valence-corrected chi connectivity index (χ1v) is 9.78. The molecule has 168 valence electrons. The summed E-state index contributed by atoms with van der Waals surface area (Å²) in [5.74, 6) is -0.785. The van der Waals surface area contributed by atoms with Gasteiger partial charge < -0.3 is 24.8 Å². The summed E-state index contributed by atoms with van der Waals surface area (Å²) in [5.41, 5.74) is 1.46. The van der Waals surface area contributed by atoms with E-state index in [0.717, 1.165) is 5.56 Å². The van der Waals surface area contributed by atoms with Crippen LogP contribution in [0.2, 0.25) is 0 Å². The van der Waals surface area contributed by atoms with Crippen LogP contribution in [0.3, 0.4) is 0 Å². The van der Waals surface area contributed by atoms with Gasteiger partial charge in [-0.05, 0) is 30.7 Å². The molecule has 0 amide bonds. The van der Waals surface area contributed by atoms with Crippen molar-refractivity contribution in [2.45, 2.75) is 38.0 Å². The Morgan fingerprint density at radius 3 is 2.45 bits per heavy atom. The van der Waals surface area contributed by atoms with E-state index in [1.807, 2.05) is 37.3 Å². The molecule has 2 aromatic carbocycles. The second-order valence-electron chi connectivity index (χ2n) is 7.32. The molecule has 9 heteroatoms. The predicted molar refractivity (Wildman–Crippen MR) is 108 cm³/mol. The van der Waals surface area contributed by atoms with Gasteiger partial charge in [-0.2, -0.15) is 0 Å². The number of hydrogen-bond acceptors (Lipinski definition) is 6. The second-order valence-corrected chi connectivity index (χ2v) is 7.32. The third kappa shape index (κ3) is 5.48. The van der Waals surface area contributed by atoms with Crippen LogP contribution in [0.4, 0.5) is 13.2 Å². The zero-order chi connectivity index (χ0) is 22.6. The minimum atomic E-state index is -4.79. The highest BCUT2D eigenvalue weighted by Crippen LogP contribution is 2.34. The summed E-state index contributed by atoms with van der Waals surface area (Å²) in [7, 11) is 2.77. The maximum Gasteiger partial charge on any atom is 0.573 e. The number of hydrogen-bond donors (Lipinski definition) is 2. The Morgan fingerprint density at radius 2 is 1.84 bits per heavy atom. The average Bonchev–Trinajstić information content (AvgIpc) is 3.07. The van der Waals surface area contributed by atoms with Gasteiger partial charge in [-0.25, -0.2) is 0 Å². The quantitative estimate of drug-likeness (QED) is 0.645. The molecule has 1 aliphatic heterocycles. The van der Waals surface area contributed by atoms with Gasteiger partial charge >= 0.3 is 12.3 Å². The number of carbonyl (C=O) groups is 1. The number of benzene rings is 2. The molecule has 0 saturated carbocycles. The molecule has 1 heterocycles. The van der Waals surface area contributed by atoms with Gasteiger partial charge in [0, 0.05) is 30.2 Å². The van der Waals surface area contributed by atoms with Crippen molar-refractivity contribution >= 4 is 5.97 Å². The van der Waals surface area contributed by atoms with Gasteiger partial charge in [-0.1, -0.05) is 30.3 Å². The fourth-order valence-corrected chi connectivity index (χ4v) is 4.02. The van der Waals surface area contributed by atoms with Crippen LogP contribution < -0.4 is 20.1 Å². The zero-order valence-corrected chi connectivity index (χ0v) is 17.4. The fraction of sp³-hybridized carbons (Fsp3) is 0.409. The van der Waals surface area contributed by atoms with Crippen LogP contribution in [0, 0.1) is 5.92 Å². The van der Waals surface area contributed by atoms with Crippen molar-refractivity contribution in [1.29, 1.82) is 0 Å². The molecule has 1 aliphatic rings. The van der Waals surface area contributed by atoms with E-state index in [2.05, 4.69) is 15.4 Å². The van der Waals surface area contributed by atoms with Crippen molar-refractivity contribution in [2.24, 2.45) is 5.92 Å². The maximum atomic E-state index is 12.6. The van der Waals surface area contributed by atoms with E-state index in [-0.39, 0.29) is 36.4 Å². The topological polar surface area (TPSA) is 68.8 Å². The Morgan fingerprint density at radius 1 is 1.13 bits per heavy atom. The number of ether oxygens (including phenoxy) is 3. The first kappa shape index (κ1) is 22.9. The molecular weight excluding hydrogens is 413 g/mol. The van der Waals surface area contributed by atoms with Gasteiger partial charge in [0.15, 0.2) is 0 Å². The first-order chi connectivity index (χ1) is 14.7. The van der Waals surface area contributed by atoms with E-state index in [1.165, 1.54) is 32.4 Å². The molecule has 4 atom stereocenters. The monoisotopic (exact) mass is 438 g/mol. The molecule has 0 aliphatic carbocycles. The highest BCUT2D eigenvalue weighted by molar-refractivity contribution is 5.75. The molecule has 3 rings (SSSR count). The Kier molecular flexibility index (Phi) is 7.07. The Bertz CT molecular complexity index is 892. The van der Waals surface area contributed by atoms with Crippen molar-refractivity contribution in [3.8, 4) is 11.5 Å². The summed E-state index contributed by atoms with van der Waals surface area (Å²) in [5, 5.41) is 6.75. The van der Waals surface area contributed by atoms with Gasteiger partial charge in [0.25, 0.3) is 0 Å². The summed E-state index contributed by atoms with van der Waals surface area (Å²) in [6, 6.07) is 12.8. The highest BCUT2D eigenvalue weighted by atomic mass is 19.4. The van der Waals surface area contributed by atoms with Gasteiger partial charge in [-0.15, -0.1) is 13.2 Å². The van der Waals surface area contributed by atoms with Crippen molar-refractivity contribution in [3.63, 3.8) is 0 Å². The van der Waals surface area contributed by atoms with E-state index < -0.39 is 12.3 Å². The summed E-state index contributed by atoms with van der Waals surface area (Å²) >= 11 is 0. The Labute approximate surface area is 178 Å². The van der Waals surface area contributed by atoms with Gasteiger partial charge in [0.1, 0.15) is 11.5 Å². The van der Waals surface area contributed by atoms with Crippen molar-refractivity contribution in [1.82, 2.24) is 10.6 Å². The molecule has 2 aromatic rings. The average molecular weight is 438 g/mol. The fourth-order valence-electron chi connectivity index (χ4n) is 4.02. The predicted octanol–water partition coefficient (Wildman–Crippen LogP) is 3.57. The lowest BCUT2D eigenvalue weighted by atomic mass is 9.91. The van der Waals surface area contributed by atoms with E-state index in [9.17, 15) is 18.0 Å². The zero-order valence-electron chi connectivity index (χ0n) is 17.4. The summed E-state index contributed by atoms with van der Waals surface area (Å²) in [6.45, 7) is 2.06. The van der Waals surface area contributed by atoms with E-state index in [0.29, 0.717) is 11.3 Å². The van der Waals surface area contributed by atoms with Crippen LogP contribution >= 0.6 is 0 Å². The summed E-state index contributed by atoms with van der Waals surface area (Å²) in [4.78, 5) is 12.5. The van der Waals surface area contributed by atoms with E-state index in [1.54, 1.807) is 0 Å². The second kappa shape index (κ2) is 9.57. The molecule has 0 spiro atoms.